The van der Waals surface area contributed by atoms with E-state index < -0.39 is 0 Å². The van der Waals surface area contributed by atoms with Crippen molar-refractivity contribution in [2.24, 2.45) is 0 Å². The average Bonchev–Trinajstić information content (AvgIpc) is 2.81. The van der Waals surface area contributed by atoms with Crippen LogP contribution in [0.3, 0.4) is 0 Å². The van der Waals surface area contributed by atoms with Crippen molar-refractivity contribution in [2.75, 3.05) is 13.1 Å². The van der Waals surface area contributed by atoms with Crippen molar-refractivity contribution in [3.8, 4) is 0 Å². The average molecular weight is 299 g/mol. The summed E-state index contributed by atoms with van der Waals surface area (Å²) in [5.41, 5.74) is 1.73. The Balaban J connectivity index is 1.94. The Bertz CT molecular complexity index is 743. The third kappa shape index (κ3) is 2.89. The van der Waals surface area contributed by atoms with Gasteiger partial charge in [-0.15, -0.1) is 0 Å². The minimum Gasteiger partial charge on any atom is -0.341 e. The van der Waals surface area contributed by atoms with Gasteiger partial charge in [-0.05, 0) is 31.9 Å². The molecule has 22 heavy (non-hydrogen) atoms. The smallest absolute Gasteiger partial charge is 0.272 e. The van der Waals surface area contributed by atoms with Gasteiger partial charge >= 0.3 is 0 Å². The molecular formula is C17H21N3O2. The third-order valence-electron chi connectivity index (χ3n) is 4.27. The van der Waals surface area contributed by atoms with Gasteiger partial charge in [-0.3, -0.25) is 14.2 Å². The number of fused-ring (bicyclic) bond motifs is 1. The number of nitrogens with zero attached hydrogens (tertiary/aromatic N) is 3. The van der Waals surface area contributed by atoms with Crippen molar-refractivity contribution in [2.45, 2.75) is 39.2 Å². The number of rotatable bonds is 2. The Morgan fingerprint density at radius 2 is 1.82 bits per heavy atom. The molecule has 3 rings (SSSR count). The van der Waals surface area contributed by atoms with Gasteiger partial charge in [-0.2, -0.15) is 0 Å². The fourth-order valence-electron chi connectivity index (χ4n) is 3.03. The quantitative estimate of drug-likeness (QED) is 0.853. The van der Waals surface area contributed by atoms with Crippen LogP contribution in [0.1, 0.15) is 31.4 Å². The third-order valence-corrected chi connectivity index (χ3v) is 4.27. The molecule has 1 aromatic carbocycles. The summed E-state index contributed by atoms with van der Waals surface area (Å²) in [6.07, 6.45) is 4.47. The van der Waals surface area contributed by atoms with Gasteiger partial charge in [0.15, 0.2) is 0 Å². The fourth-order valence-corrected chi connectivity index (χ4v) is 3.03. The van der Waals surface area contributed by atoms with E-state index in [0.29, 0.717) is 5.69 Å². The summed E-state index contributed by atoms with van der Waals surface area (Å²) in [5.74, 6) is 0.0275. The molecule has 1 aliphatic rings. The highest BCUT2D eigenvalue weighted by molar-refractivity contribution is 5.80. The monoisotopic (exact) mass is 299 g/mol. The van der Waals surface area contributed by atoms with E-state index in [9.17, 15) is 9.59 Å². The molecule has 0 atom stereocenters. The van der Waals surface area contributed by atoms with E-state index in [-0.39, 0.29) is 18.0 Å². The molecule has 1 saturated heterocycles. The molecule has 0 saturated carbocycles. The van der Waals surface area contributed by atoms with Gasteiger partial charge in [0.1, 0.15) is 12.2 Å². The molecule has 0 unspecified atom stereocenters. The van der Waals surface area contributed by atoms with Gasteiger partial charge in [-0.1, -0.05) is 25.0 Å². The molecule has 2 aromatic rings. The summed E-state index contributed by atoms with van der Waals surface area (Å²) in [6.45, 7) is 3.40. The Hall–Kier alpha value is -2.17. The summed E-state index contributed by atoms with van der Waals surface area (Å²) in [6, 6.07) is 7.47. The number of carbonyl (C=O) groups excluding carboxylic acids is 1. The second kappa shape index (κ2) is 6.30. The SMILES string of the molecule is Cc1nc2ccccc2n(CC(=O)N2CCCCCC2)c1=O. The molecular weight excluding hydrogens is 278 g/mol. The first-order valence-corrected chi connectivity index (χ1v) is 7.91. The zero-order valence-electron chi connectivity index (χ0n) is 12.9. The van der Waals surface area contributed by atoms with E-state index in [1.165, 1.54) is 12.8 Å². The zero-order chi connectivity index (χ0) is 15.5. The highest BCUT2D eigenvalue weighted by Crippen LogP contribution is 2.13. The number of likely N-dealkylation sites (tertiary alicyclic amines) is 1. The number of aromatic nitrogens is 2. The molecule has 116 valence electrons. The summed E-state index contributed by atoms with van der Waals surface area (Å²) >= 11 is 0. The summed E-state index contributed by atoms with van der Waals surface area (Å²) in [4.78, 5) is 31.2. The number of hydrogen-bond acceptors (Lipinski definition) is 3. The summed E-state index contributed by atoms with van der Waals surface area (Å²) < 4.78 is 1.56. The van der Waals surface area contributed by atoms with Crippen molar-refractivity contribution in [3.63, 3.8) is 0 Å². The number of amides is 1. The lowest BCUT2D eigenvalue weighted by Gasteiger charge is -2.21. The largest absolute Gasteiger partial charge is 0.341 e. The normalized spacial score (nSPS) is 15.8. The van der Waals surface area contributed by atoms with Gasteiger partial charge < -0.3 is 4.90 Å². The number of para-hydroxylation sites is 2. The lowest BCUT2D eigenvalue weighted by atomic mass is 10.2. The van der Waals surface area contributed by atoms with Crippen LogP contribution in [-0.2, 0) is 11.3 Å². The maximum atomic E-state index is 12.6. The van der Waals surface area contributed by atoms with Gasteiger partial charge in [-0.25, -0.2) is 4.98 Å². The fraction of sp³-hybridized carbons (Fsp3) is 0.471. The van der Waals surface area contributed by atoms with E-state index in [2.05, 4.69) is 4.98 Å². The summed E-state index contributed by atoms with van der Waals surface area (Å²) in [5, 5.41) is 0. The highest BCUT2D eigenvalue weighted by atomic mass is 16.2. The predicted octanol–water partition coefficient (Wildman–Crippen LogP) is 2.11. The second-order valence-electron chi connectivity index (χ2n) is 5.87. The summed E-state index contributed by atoms with van der Waals surface area (Å²) in [7, 11) is 0. The Morgan fingerprint density at radius 3 is 2.55 bits per heavy atom. The molecule has 0 aliphatic carbocycles. The molecule has 1 aromatic heterocycles. The Morgan fingerprint density at radius 1 is 1.14 bits per heavy atom. The Kier molecular flexibility index (Phi) is 4.22. The number of aryl methyl sites for hydroxylation is 1. The van der Waals surface area contributed by atoms with Gasteiger partial charge in [0.2, 0.25) is 5.91 Å². The van der Waals surface area contributed by atoms with Gasteiger partial charge in [0.25, 0.3) is 5.56 Å². The maximum Gasteiger partial charge on any atom is 0.272 e. The van der Waals surface area contributed by atoms with Crippen molar-refractivity contribution in [1.82, 2.24) is 14.5 Å². The predicted molar refractivity (Wildman–Crippen MR) is 85.8 cm³/mol. The minimum atomic E-state index is -0.179. The zero-order valence-corrected chi connectivity index (χ0v) is 12.9. The van der Waals surface area contributed by atoms with E-state index in [0.717, 1.165) is 37.0 Å². The molecule has 0 N–H and O–H groups in total. The molecule has 2 heterocycles. The molecule has 5 heteroatoms. The highest BCUT2D eigenvalue weighted by Gasteiger charge is 2.18. The molecule has 0 spiro atoms. The minimum absolute atomic E-state index is 0.0275. The van der Waals surface area contributed by atoms with Crippen LogP contribution >= 0.6 is 0 Å². The topological polar surface area (TPSA) is 55.2 Å². The lowest BCUT2D eigenvalue weighted by Crippen LogP contribution is -2.37. The van der Waals surface area contributed by atoms with Crippen LogP contribution in [-0.4, -0.2) is 33.4 Å². The van der Waals surface area contributed by atoms with Crippen LogP contribution < -0.4 is 5.56 Å². The first kappa shape index (κ1) is 14.8. The van der Waals surface area contributed by atoms with Crippen LogP contribution in [0.5, 0.6) is 0 Å². The maximum absolute atomic E-state index is 12.6. The number of carbonyl (C=O) groups is 1. The number of benzene rings is 1. The van der Waals surface area contributed by atoms with E-state index in [1.54, 1.807) is 11.5 Å². The first-order chi connectivity index (χ1) is 10.7. The molecule has 0 radical (unpaired) electrons. The lowest BCUT2D eigenvalue weighted by molar-refractivity contribution is -0.131. The molecule has 1 fully saturated rings. The second-order valence-corrected chi connectivity index (χ2v) is 5.87. The van der Waals surface area contributed by atoms with Crippen LogP contribution in [0.25, 0.3) is 11.0 Å². The Labute approximate surface area is 129 Å². The van der Waals surface area contributed by atoms with Crippen LogP contribution in [0.2, 0.25) is 0 Å². The van der Waals surface area contributed by atoms with Gasteiger partial charge in [0.05, 0.1) is 11.0 Å². The van der Waals surface area contributed by atoms with E-state index in [4.69, 9.17) is 0 Å². The van der Waals surface area contributed by atoms with Gasteiger partial charge in [0, 0.05) is 13.1 Å². The molecule has 1 aliphatic heterocycles. The van der Waals surface area contributed by atoms with Crippen molar-refractivity contribution in [1.29, 1.82) is 0 Å². The van der Waals surface area contributed by atoms with Crippen LogP contribution in [0.15, 0.2) is 29.1 Å². The van der Waals surface area contributed by atoms with E-state index in [1.807, 2.05) is 29.2 Å². The molecule has 5 nitrogen and oxygen atoms in total. The standard InChI is InChI=1S/C17H21N3O2/c1-13-17(22)20(15-9-5-4-8-14(15)18-13)12-16(21)19-10-6-2-3-7-11-19/h4-5,8-9H,2-3,6-7,10-12H2,1H3. The molecule has 1 amide bonds. The van der Waals surface area contributed by atoms with Crippen LogP contribution in [0, 0.1) is 6.92 Å². The van der Waals surface area contributed by atoms with Crippen molar-refractivity contribution in [3.05, 3.63) is 40.3 Å². The van der Waals surface area contributed by atoms with Crippen LogP contribution in [0.4, 0.5) is 0 Å². The first-order valence-electron chi connectivity index (χ1n) is 7.91. The van der Waals surface area contributed by atoms with E-state index >= 15 is 0 Å². The number of hydrogen-bond donors (Lipinski definition) is 0. The molecule has 0 bridgehead atoms. The van der Waals surface area contributed by atoms with Crippen molar-refractivity contribution < 1.29 is 4.79 Å². The van der Waals surface area contributed by atoms with Crippen molar-refractivity contribution >= 4 is 16.9 Å².